The van der Waals surface area contributed by atoms with Gasteiger partial charge in [0.15, 0.2) is 0 Å². The predicted molar refractivity (Wildman–Crippen MR) is 98.5 cm³/mol. The second-order valence-corrected chi connectivity index (χ2v) is 6.48. The lowest BCUT2D eigenvalue weighted by atomic mass is 10.1. The van der Waals surface area contributed by atoms with Crippen LogP contribution in [0, 0.1) is 0 Å². The molecule has 0 atom stereocenters. The van der Waals surface area contributed by atoms with E-state index in [9.17, 15) is 9.59 Å². The van der Waals surface area contributed by atoms with Crippen LogP contribution in [0.25, 0.3) is 22.2 Å². The van der Waals surface area contributed by atoms with E-state index in [0.717, 1.165) is 24.2 Å². The Morgan fingerprint density at radius 3 is 2.72 bits per heavy atom. The van der Waals surface area contributed by atoms with Gasteiger partial charge >= 0.3 is 11.6 Å². The lowest BCUT2D eigenvalue weighted by Gasteiger charge is -2.20. The zero-order valence-electron chi connectivity index (χ0n) is 14.0. The maximum absolute atomic E-state index is 12.4. The van der Waals surface area contributed by atoms with Crippen molar-refractivity contribution in [1.29, 1.82) is 0 Å². The highest BCUT2D eigenvalue weighted by Gasteiger charge is 2.14. The number of carbonyl (C=O) groups is 1. The minimum absolute atomic E-state index is 0.156. The summed E-state index contributed by atoms with van der Waals surface area (Å²) in [5.41, 5.74) is 1.85. The van der Waals surface area contributed by atoms with Gasteiger partial charge in [-0.3, -0.25) is 4.79 Å². The monoisotopic (exact) mass is 358 g/mol. The molecule has 7 heteroatoms. The van der Waals surface area contributed by atoms with Crippen molar-refractivity contribution in [3.05, 3.63) is 45.1 Å². The average molecular weight is 358 g/mol. The molecule has 3 rings (SSSR count). The number of benzene rings is 1. The molecule has 0 saturated carbocycles. The Kier molecular flexibility index (Phi) is 4.85. The fourth-order valence-electron chi connectivity index (χ4n) is 2.71. The summed E-state index contributed by atoms with van der Waals surface area (Å²) in [5.74, 6) is -0.949. The van der Waals surface area contributed by atoms with Crippen molar-refractivity contribution in [3.8, 4) is 11.3 Å². The van der Waals surface area contributed by atoms with E-state index in [1.807, 2.05) is 18.2 Å². The Morgan fingerprint density at radius 2 is 2.04 bits per heavy atom. The molecule has 0 spiro atoms. The van der Waals surface area contributed by atoms with Crippen LogP contribution >= 0.6 is 11.3 Å². The average Bonchev–Trinajstić information content (AvgIpc) is 3.02. The Hall–Kier alpha value is -2.67. The minimum Gasteiger partial charge on any atom is -0.481 e. The molecule has 0 radical (unpaired) electrons. The molecule has 0 unspecified atom stereocenters. The third-order valence-electron chi connectivity index (χ3n) is 3.98. The number of hydrogen-bond donors (Lipinski definition) is 1. The van der Waals surface area contributed by atoms with Crippen molar-refractivity contribution in [2.75, 3.05) is 18.0 Å². The fraction of sp³-hybridized carbons (Fsp3) is 0.278. The van der Waals surface area contributed by atoms with Gasteiger partial charge in [0, 0.05) is 35.6 Å². The van der Waals surface area contributed by atoms with E-state index >= 15 is 0 Å². The smallest absolute Gasteiger partial charge is 0.345 e. The van der Waals surface area contributed by atoms with Gasteiger partial charge in [-0.05, 0) is 32.0 Å². The van der Waals surface area contributed by atoms with Gasteiger partial charge in [0.2, 0.25) is 0 Å². The number of aliphatic carboxylic acids is 1. The van der Waals surface area contributed by atoms with E-state index in [-0.39, 0.29) is 6.42 Å². The molecule has 1 N–H and O–H groups in total. The molecule has 0 bridgehead atoms. The molecular formula is C18H18N2O4S. The highest BCUT2D eigenvalue weighted by Crippen LogP contribution is 2.26. The molecular weight excluding hydrogens is 340 g/mol. The first-order chi connectivity index (χ1) is 12.0. The summed E-state index contributed by atoms with van der Waals surface area (Å²) in [7, 11) is 0. The van der Waals surface area contributed by atoms with Crippen LogP contribution < -0.4 is 10.5 Å². The molecule has 130 valence electrons. The first-order valence-electron chi connectivity index (χ1n) is 8.01. The van der Waals surface area contributed by atoms with Gasteiger partial charge in [0.1, 0.15) is 10.6 Å². The summed E-state index contributed by atoms with van der Waals surface area (Å²) in [6.45, 7) is 5.89. The van der Waals surface area contributed by atoms with Crippen LogP contribution in [-0.4, -0.2) is 29.1 Å². The van der Waals surface area contributed by atoms with E-state index in [4.69, 9.17) is 9.52 Å². The topological polar surface area (TPSA) is 83.6 Å². The highest BCUT2D eigenvalue weighted by molar-refractivity contribution is 7.10. The Bertz CT molecular complexity index is 973. The molecule has 0 aliphatic carbocycles. The van der Waals surface area contributed by atoms with E-state index < -0.39 is 11.6 Å². The summed E-state index contributed by atoms with van der Waals surface area (Å²) in [4.78, 5) is 29.5. The molecule has 0 saturated heterocycles. The maximum Gasteiger partial charge on any atom is 0.345 e. The largest absolute Gasteiger partial charge is 0.481 e. The molecule has 0 amide bonds. The fourth-order valence-corrected chi connectivity index (χ4v) is 3.49. The third kappa shape index (κ3) is 3.56. The van der Waals surface area contributed by atoms with Gasteiger partial charge < -0.3 is 14.4 Å². The van der Waals surface area contributed by atoms with Crippen LogP contribution in [0.2, 0.25) is 0 Å². The van der Waals surface area contributed by atoms with Crippen LogP contribution in [0.1, 0.15) is 18.9 Å². The van der Waals surface area contributed by atoms with Gasteiger partial charge in [-0.2, -0.15) is 0 Å². The van der Waals surface area contributed by atoms with Crippen molar-refractivity contribution in [2.24, 2.45) is 0 Å². The Balaban J connectivity index is 2.02. The number of rotatable bonds is 6. The normalized spacial score (nSPS) is 11.0. The zero-order valence-corrected chi connectivity index (χ0v) is 14.8. The summed E-state index contributed by atoms with van der Waals surface area (Å²) >= 11 is 1.22. The summed E-state index contributed by atoms with van der Waals surface area (Å²) < 4.78 is 5.48. The standard InChI is InChI=1S/C18H18N2O4S/c1-3-20(4-2)12-6-5-11-7-13(18(23)24-15(11)8-12)14-10-25-16(19-14)9-17(21)22/h5-8,10H,3-4,9H2,1-2H3,(H,21,22). The van der Waals surface area contributed by atoms with Gasteiger partial charge in [-0.25, -0.2) is 9.78 Å². The van der Waals surface area contributed by atoms with Gasteiger partial charge in [0.05, 0.1) is 17.7 Å². The third-order valence-corrected chi connectivity index (χ3v) is 4.83. The van der Waals surface area contributed by atoms with Crippen molar-refractivity contribution in [1.82, 2.24) is 4.98 Å². The molecule has 2 aromatic heterocycles. The quantitative estimate of drug-likeness (QED) is 0.680. The molecule has 2 heterocycles. The van der Waals surface area contributed by atoms with Gasteiger partial charge in [-0.15, -0.1) is 11.3 Å². The van der Waals surface area contributed by atoms with Crippen LogP contribution in [0.15, 0.2) is 38.9 Å². The summed E-state index contributed by atoms with van der Waals surface area (Å²) in [6, 6.07) is 7.52. The molecule has 3 aromatic rings. The zero-order chi connectivity index (χ0) is 18.0. The van der Waals surface area contributed by atoms with Crippen molar-refractivity contribution in [3.63, 3.8) is 0 Å². The Morgan fingerprint density at radius 1 is 1.28 bits per heavy atom. The first kappa shape index (κ1) is 17.2. The summed E-state index contributed by atoms with van der Waals surface area (Å²) in [6.07, 6.45) is -0.156. The molecule has 0 aliphatic rings. The molecule has 25 heavy (non-hydrogen) atoms. The number of fused-ring (bicyclic) bond motifs is 1. The number of anilines is 1. The predicted octanol–water partition coefficient (Wildman–Crippen LogP) is 3.39. The Labute approximate surface area is 148 Å². The van der Waals surface area contributed by atoms with Crippen LogP contribution in [0.4, 0.5) is 5.69 Å². The van der Waals surface area contributed by atoms with Crippen LogP contribution in [0.5, 0.6) is 0 Å². The van der Waals surface area contributed by atoms with E-state index in [0.29, 0.717) is 21.8 Å². The lowest BCUT2D eigenvalue weighted by Crippen LogP contribution is -2.21. The van der Waals surface area contributed by atoms with Crippen molar-refractivity contribution < 1.29 is 14.3 Å². The van der Waals surface area contributed by atoms with Crippen LogP contribution in [-0.2, 0) is 11.2 Å². The lowest BCUT2D eigenvalue weighted by molar-refractivity contribution is -0.136. The highest BCUT2D eigenvalue weighted by atomic mass is 32.1. The molecule has 0 fully saturated rings. The number of aromatic nitrogens is 1. The SMILES string of the molecule is CCN(CC)c1ccc2cc(-c3csc(CC(=O)O)n3)c(=O)oc2c1. The number of hydrogen-bond acceptors (Lipinski definition) is 6. The van der Waals surface area contributed by atoms with E-state index in [1.54, 1.807) is 11.4 Å². The number of carboxylic acids is 1. The molecule has 6 nitrogen and oxygen atoms in total. The molecule has 0 aliphatic heterocycles. The van der Waals surface area contributed by atoms with Gasteiger partial charge in [0.25, 0.3) is 0 Å². The number of thiazole rings is 1. The van der Waals surface area contributed by atoms with E-state index in [2.05, 4.69) is 23.7 Å². The number of nitrogens with zero attached hydrogens (tertiary/aromatic N) is 2. The molecule has 1 aromatic carbocycles. The number of carboxylic acid groups (broad SMARTS) is 1. The minimum atomic E-state index is -0.949. The van der Waals surface area contributed by atoms with Gasteiger partial charge in [-0.1, -0.05) is 0 Å². The second-order valence-electron chi connectivity index (χ2n) is 5.54. The van der Waals surface area contributed by atoms with Crippen molar-refractivity contribution in [2.45, 2.75) is 20.3 Å². The van der Waals surface area contributed by atoms with Crippen molar-refractivity contribution >= 4 is 34.0 Å². The van der Waals surface area contributed by atoms with Crippen LogP contribution in [0.3, 0.4) is 0 Å². The first-order valence-corrected chi connectivity index (χ1v) is 8.89. The summed E-state index contributed by atoms with van der Waals surface area (Å²) in [5, 5.41) is 11.8. The second kappa shape index (κ2) is 7.06. The maximum atomic E-state index is 12.4. The van der Waals surface area contributed by atoms with E-state index in [1.165, 1.54) is 11.3 Å².